The van der Waals surface area contributed by atoms with Crippen LogP contribution < -0.4 is 0 Å². The lowest BCUT2D eigenvalue weighted by molar-refractivity contribution is 1.13. The summed E-state index contributed by atoms with van der Waals surface area (Å²) in [5.74, 6) is 0. The molecule has 0 heterocycles. The molecule has 0 unspecified atom stereocenters. The van der Waals surface area contributed by atoms with Crippen LogP contribution in [0.5, 0.6) is 0 Å². The van der Waals surface area contributed by atoms with E-state index in [1.807, 2.05) is 0 Å². The SMILES string of the molecule is CCc1[c]cc(C#N)c(-c2cc(I)ccc2C)c1. The number of hydrogen-bond donors (Lipinski definition) is 0. The molecule has 18 heavy (non-hydrogen) atoms. The predicted molar refractivity (Wildman–Crippen MR) is 82.3 cm³/mol. The Labute approximate surface area is 122 Å². The Morgan fingerprint density at radius 3 is 2.72 bits per heavy atom. The maximum atomic E-state index is 9.23. The first-order valence-electron chi connectivity index (χ1n) is 5.87. The third-order valence-electron chi connectivity index (χ3n) is 3.00. The summed E-state index contributed by atoms with van der Waals surface area (Å²) in [5.41, 5.74) is 5.19. The first kappa shape index (κ1) is 13.1. The fourth-order valence-corrected chi connectivity index (χ4v) is 2.43. The summed E-state index contributed by atoms with van der Waals surface area (Å²) in [7, 11) is 0. The third-order valence-corrected chi connectivity index (χ3v) is 3.67. The molecule has 0 N–H and O–H groups in total. The normalized spacial score (nSPS) is 10.1. The van der Waals surface area contributed by atoms with E-state index in [0.717, 1.165) is 23.1 Å². The second kappa shape index (κ2) is 5.53. The van der Waals surface area contributed by atoms with Gasteiger partial charge in [0.2, 0.25) is 0 Å². The van der Waals surface area contributed by atoms with Crippen molar-refractivity contribution in [3.05, 3.63) is 56.7 Å². The van der Waals surface area contributed by atoms with Crippen LogP contribution in [0, 0.1) is 27.9 Å². The number of nitriles is 1. The van der Waals surface area contributed by atoms with Gasteiger partial charge in [-0.05, 0) is 83.0 Å². The maximum absolute atomic E-state index is 9.23. The van der Waals surface area contributed by atoms with Crippen LogP contribution >= 0.6 is 22.6 Å². The lowest BCUT2D eigenvalue weighted by Crippen LogP contribution is -1.91. The molecule has 2 rings (SSSR count). The Morgan fingerprint density at radius 2 is 2.06 bits per heavy atom. The second-order valence-corrected chi connectivity index (χ2v) is 5.46. The van der Waals surface area contributed by atoms with Gasteiger partial charge in [0.05, 0.1) is 11.6 Å². The number of halogens is 1. The molecule has 1 radical (unpaired) electrons. The molecule has 2 aromatic rings. The number of nitrogens with zero attached hydrogens (tertiary/aromatic N) is 1. The highest BCUT2D eigenvalue weighted by molar-refractivity contribution is 14.1. The van der Waals surface area contributed by atoms with Gasteiger partial charge in [-0.25, -0.2) is 0 Å². The number of hydrogen-bond acceptors (Lipinski definition) is 1. The van der Waals surface area contributed by atoms with E-state index >= 15 is 0 Å². The van der Waals surface area contributed by atoms with Gasteiger partial charge in [-0.3, -0.25) is 0 Å². The molecule has 0 amide bonds. The molecule has 89 valence electrons. The molecule has 0 spiro atoms. The molecule has 2 aromatic carbocycles. The number of rotatable bonds is 2. The Balaban J connectivity index is 2.69. The molecule has 0 bridgehead atoms. The van der Waals surface area contributed by atoms with E-state index in [1.54, 1.807) is 6.07 Å². The average Bonchev–Trinajstić information content (AvgIpc) is 2.40. The largest absolute Gasteiger partial charge is 0.192 e. The third kappa shape index (κ3) is 2.56. The highest BCUT2D eigenvalue weighted by Gasteiger charge is 2.09. The Morgan fingerprint density at radius 1 is 1.28 bits per heavy atom. The van der Waals surface area contributed by atoms with Crippen molar-refractivity contribution >= 4 is 22.6 Å². The van der Waals surface area contributed by atoms with Crippen molar-refractivity contribution in [1.82, 2.24) is 0 Å². The summed E-state index contributed by atoms with van der Waals surface area (Å²) in [4.78, 5) is 0. The van der Waals surface area contributed by atoms with Gasteiger partial charge in [0.1, 0.15) is 0 Å². The minimum Gasteiger partial charge on any atom is -0.192 e. The van der Waals surface area contributed by atoms with E-state index in [-0.39, 0.29) is 0 Å². The Bertz CT molecular complexity index is 623. The quantitative estimate of drug-likeness (QED) is 0.735. The highest BCUT2D eigenvalue weighted by atomic mass is 127. The van der Waals surface area contributed by atoms with Crippen LogP contribution in [-0.2, 0) is 6.42 Å². The first-order chi connectivity index (χ1) is 8.65. The zero-order valence-electron chi connectivity index (χ0n) is 10.4. The molecule has 0 saturated heterocycles. The second-order valence-electron chi connectivity index (χ2n) is 4.21. The number of benzene rings is 2. The average molecular weight is 346 g/mol. The summed E-state index contributed by atoms with van der Waals surface area (Å²) in [6.07, 6.45) is 0.932. The minimum atomic E-state index is 0.692. The van der Waals surface area contributed by atoms with Crippen molar-refractivity contribution in [1.29, 1.82) is 5.26 Å². The van der Waals surface area contributed by atoms with Crippen molar-refractivity contribution in [2.24, 2.45) is 0 Å². The van der Waals surface area contributed by atoms with Crippen molar-refractivity contribution in [3.8, 4) is 17.2 Å². The predicted octanol–water partition coefficient (Wildman–Crippen LogP) is 4.50. The monoisotopic (exact) mass is 346 g/mol. The van der Waals surface area contributed by atoms with E-state index < -0.39 is 0 Å². The molecule has 0 aliphatic carbocycles. The van der Waals surface area contributed by atoms with Crippen LogP contribution in [-0.4, -0.2) is 0 Å². The summed E-state index contributed by atoms with van der Waals surface area (Å²) in [6.45, 7) is 4.18. The van der Waals surface area contributed by atoms with Crippen LogP contribution in [0.3, 0.4) is 0 Å². The molecule has 1 nitrogen and oxygen atoms in total. The summed E-state index contributed by atoms with van der Waals surface area (Å²) in [5, 5.41) is 9.23. The van der Waals surface area contributed by atoms with Crippen LogP contribution in [0.15, 0.2) is 30.3 Å². The van der Waals surface area contributed by atoms with Gasteiger partial charge in [0.25, 0.3) is 0 Å². The van der Waals surface area contributed by atoms with E-state index in [2.05, 4.69) is 72.8 Å². The van der Waals surface area contributed by atoms with Crippen molar-refractivity contribution in [2.75, 3.05) is 0 Å². The summed E-state index contributed by atoms with van der Waals surface area (Å²) >= 11 is 2.30. The Hall–Kier alpha value is -1.34. The molecular formula is C16H13IN. The molecule has 0 aromatic heterocycles. The summed E-state index contributed by atoms with van der Waals surface area (Å²) < 4.78 is 1.18. The molecule has 2 heteroatoms. The van der Waals surface area contributed by atoms with Gasteiger partial charge in [0, 0.05) is 9.13 Å². The van der Waals surface area contributed by atoms with Crippen molar-refractivity contribution in [2.45, 2.75) is 20.3 Å². The van der Waals surface area contributed by atoms with Gasteiger partial charge in [-0.15, -0.1) is 0 Å². The van der Waals surface area contributed by atoms with Crippen LogP contribution in [0.25, 0.3) is 11.1 Å². The van der Waals surface area contributed by atoms with Crippen LogP contribution in [0.1, 0.15) is 23.6 Å². The lowest BCUT2D eigenvalue weighted by Gasteiger charge is -2.10. The van der Waals surface area contributed by atoms with Gasteiger partial charge >= 0.3 is 0 Å². The molecule has 0 atom stereocenters. The van der Waals surface area contributed by atoms with Gasteiger partial charge < -0.3 is 0 Å². The highest BCUT2D eigenvalue weighted by Crippen LogP contribution is 2.29. The smallest absolute Gasteiger partial charge is 0.0998 e. The van der Waals surface area contributed by atoms with E-state index in [0.29, 0.717) is 5.56 Å². The molecule has 0 saturated carbocycles. The van der Waals surface area contributed by atoms with Crippen LogP contribution in [0.4, 0.5) is 0 Å². The first-order valence-corrected chi connectivity index (χ1v) is 6.94. The number of aryl methyl sites for hydroxylation is 2. The van der Waals surface area contributed by atoms with Gasteiger partial charge in [-0.1, -0.05) is 13.0 Å². The minimum absolute atomic E-state index is 0.692. The van der Waals surface area contributed by atoms with E-state index in [1.165, 1.54) is 9.13 Å². The standard InChI is InChI=1S/C16H13IN/c1-3-12-5-6-13(10-18)16(8-12)15-9-14(17)7-4-11(15)2/h4,6-9H,3H2,1-2H3. The molecular weight excluding hydrogens is 333 g/mol. The Kier molecular flexibility index (Phi) is 4.03. The zero-order chi connectivity index (χ0) is 13.1. The fraction of sp³-hybridized carbons (Fsp3) is 0.188. The molecule has 0 aliphatic rings. The summed E-state index contributed by atoms with van der Waals surface area (Å²) in [6, 6.07) is 15.6. The molecule has 0 aliphatic heterocycles. The van der Waals surface area contributed by atoms with Gasteiger partial charge in [0.15, 0.2) is 0 Å². The van der Waals surface area contributed by atoms with Gasteiger partial charge in [-0.2, -0.15) is 5.26 Å². The topological polar surface area (TPSA) is 23.8 Å². The van der Waals surface area contributed by atoms with E-state index in [4.69, 9.17) is 0 Å². The lowest BCUT2D eigenvalue weighted by atomic mass is 9.94. The van der Waals surface area contributed by atoms with Crippen LogP contribution in [0.2, 0.25) is 0 Å². The maximum Gasteiger partial charge on any atom is 0.0998 e. The van der Waals surface area contributed by atoms with Crippen molar-refractivity contribution < 1.29 is 0 Å². The zero-order valence-corrected chi connectivity index (χ0v) is 12.6. The fourth-order valence-electron chi connectivity index (χ4n) is 1.94. The molecule has 0 fully saturated rings. The van der Waals surface area contributed by atoms with Crippen molar-refractivity contribution in [3.63, 3.8) is 0 Å². The van der Waals surface area contributed by atoms with E-state index in [9.17, 15) is 5.26 Å².